The molecule has 0 aliphatic heterocycles. The van der Waals surface area contributed by atoms with Crippen LogP contribution in [0.1, 0.15) is 17.4 Å². The van der Waals surface area contributed by atoms with Gasteiger partial charge in [-0.25, -0.2) is 18.1 Å². The number of amides is 1. The first-order valence-electron chi connectivity index (χ1n) is 6.04. The van der Waals surface area contributed by atoms with Crippen molar-refractivity contribution in [1.29, 1.82) is 0 Å². The predicted molar refractivity (Wildman–Crippen MR) is 81.8 cm³/mol. The molecule has 0 unspecified atom stereocenters. The van der Waals surface area contributed by atoms with Crippen molar-refractivity contribution in [3.05, 3.63) is 35.3 Å². The molecule has 0 atom stereocenters. The second kappa shape index (κ2) is 6.20. The Morgan fingerprint density at radius 2 is 2.00 bits per heavy atom. The van der Waals surface area contributed by atoms with Crippen LogP contribution in [0.2, 0.25) is 0 Å². The third kappa shape index (κ3) is 3.78. The van der Waals surface area contributed by atoms with Gasteiger partial charge in [-0.05, 0) is 24.3 Å². The second-order valence-corrected chi connectivity index (χ2v) is 6.71. The van der Waals surface area contributed by atoms with E-state index in [1.165, 1.54) is 35.6 Å². The molecule has 21 heavy (non-hydrogen) atoms. The van der Waals surface area contributed by atoms with Crippen molar-refractivity contribution in [2.24, 2.45) is 0 Å². The normalized spacial score (nSPS) is 11.3. The van der Waals surface area contributed by atoms with Gasteiger partial charge in [0.15, 0.2) is 5.13 Å². The molecule has 0 aliphatic carbocycles. The van der Waals surface area contributed by atoms with Gasteiger partial charge in [0.1, 0.15) is 5.69 Å². The van der Waals surface area contributed by atoms with E-state index < -0.39 is 15.9 Å². The average Bonchev–Trinajstić information content (AvgIpc) is 2.86. The van der Waals surface area contributed by atoms with Gasteiger partial charge in [-0.2, -0.15) is 0 Å². The number of hydrogen-bond donors (Lipinski definition) is 3. The van der Waals surface area contributed by atoms with Gasteiger partial charge in [-0.15, -0.1) is 11.3 Å². The lowest BCUT2D eigenvalue weighted by atomic mass is 10.3. The maximum Gasteiger partial charge on any atom is 0.275 e. The molecule has 0 saturated carbocycles. The summed E-state index contributed by atoms with van der Waals surface area (Å²) in [6, 6.07) is 5.86. The van der Waals surface area contributed by atoms with Gasteiger partial charge in [-0.1, -0.05) is 6.92 Å². The van der Waals surface area contributed by atoms with Crippen LogP contribution in [-0.2, 0) is 10.0 Å². The van der Waals surface area contributed by atoms with Crippen molar-refractivity contribution in [2.45, 2.75) is 11.8 Å². The molecule has 1 aromatic heterocycles. The second-order valence-electron chi connectivity index (χ2n) is 4.05. The molecule has 0 radical (unpaired) electrons. The molecule has 0 aliphatic rings. The largest absolute Gasteiger partial charge is 0.375 e. The highest BCUT2D eigenvalue weighted by Gasteiger charge is 2.13. The number of benzene rings is 1. The molecule has 2 rings (SSSR count). The Kier molecular flexibility index (Phi) is 4.56. The fourth-order valence-corrected chi connectivity index (χ4v) is 3.16. The highest BCUT2D eigenvalue weighted by Crippen LogP contribution is 2.16. The van der Waals surface area contributed by atoms with Crippen molar-refractivity contribution in [1.82, 2.24) is 9.71 Å². The Balaban J connectivity index is 2.11. The van der Waals surface area contributed by atoms with Gasteiger partial charge >= 0.3 is 0 Å². The summed E-state index contributed by atoms with van der Waals surface area (Å²) >= 11 is 1.17. The predicted octanol–water partition coefficient (Wildman–Crippen LogP) is 1.28. The third-order valence-corrected chi connectivity index (χ3v) is 4.75. The van der Waals surface area contributed by atoms with E-state index in [9.17, 15) is 13.2 Å². The first-order chi connectivity index (χ1) is 9.92. The van der Waals surface area contributed by atoms with Gasteiger partial charge in [0.05, 0.1) is 4.90 Å². The van der Waals surface area contributed by atoms with E-state index in [2.05, 4.69) is 15.0 Å². The van der Waals surface area contributed by atoms with Crippen LogP contribution in [0.4, 0.5) is 10.8 Å². The summed E-state index contributed by atoms with van der Waals surface area (Å²) in [5.41, 5.74) is 6.16. The average molecular weight is 326 g/mol. The van der Waals surface area contributed by atoms with Crippen LogP contribution in [0.25, 0.3) is 0 Å². The summed E-state index contributed by atoms with van der Waals surface area (Å²) in [5, 5.41) is 4.48. The molecule has 0 spiro atoms. The lowest BCUT2D eigenvalue weighted by Crippen LogP contribution is -2.23. The van der Waals surface area contributed by atoms with Crippen molar-refractivity contribution < 1.29 is 13.2 Å². The Morgan fingerprint density at radius 1 is 1.33 bits per heavy atom. The van der Waals surface area contributed by atoms with Crippen LogP contribution in [0.3, 0.4) is 0 Å². The molecule has 0 fully saturated rings. The molecular weight excluding hydrogens is 312 g/mol. The summed E-state index contributed by atoms with van der Waals surface area (Å²) in [6.45, 7) is 2.01. The van der Waals surface area contributed by atoms with Gasteiger partial charge in [-0.3, -0.25) is 4.79 Å². The molecule has 9 heteroatoms. The van der Waals surface area contributed by atoms with Crippen LogP contribution in [-0.4, -0.2) is 25.9 Å². The molecule has 4 N–H and O–H groups in total. The van der Waals surface area contributed by atoms with Crippen LogP contribution in [0.5, 0.6) is 0 Å². The van der Waals surface area contributed by atoms with Crippen LogP contribution in [0.15, 0.2) is 34.5 Å². The minimum atomic E-state index is -3.49. The lowest BCUT2D eigenvalue weighted by Gasteiger charge is -2.06. The standard InChI is InChI=1S/C12H14N4O3S2/c1-2-14-21(18,19)9-5-3-8(4-6-9)15-11(17)10-7-20-12(13)16-10/h3-7,14H,2H2,1H3,(H2,13,16)(H,15,17). The number of nitrogens with zero attached hydrogens (tertiary/aromatic N) is 1. The number of nitrogens with one attached hydrogen (secondary N) is 2. The van der Waals surface area contributed by atoms with Crippen molar-refractivity contribution >= 4 is 38.1 Å². The quantitative estimate of drug-likeness (QED) is 0.765. The monoisotopic (exact) mass is 326 g/mol. The number of thiazole rings is 1. The van der Waals surface area contributed by atoms with E-state index in [4.69, 9.17) is 5.73 Å². The first-order valence-corrected chi connectivity index (χ1v) is 8.40. The number of carbonyl (C=O) groups excluding carboxylic acids is 1. The van der Waals surface area contributed by atoms with Crippen LogP contribution < -0.4 is 15.8 Å². The van der Waals surface area contributed by atoms with E-state index >= 15 is 0 Å². The van der Waals surface area contributed by atoms with Crippen molar-refractivity contribution in [3.63, 3.8) is 0 Å². The Bertz CT molecular complexity index is 738. The highest BCUT2D eigenvalue weighted by atomic mass is 32.2. The molecule has 1 aromatic carbocycles. The maximum atomic E-state index is 11.9. The fraction of sp³-hybridized carbons (Fsp3) is 0.167. The number of hydrogen-bond acceptors (Lipinski definition) is 6. The van der Waals surface area contributed by atoms with Gasteiger partial charge in [0.2, 0.25) is 10.0 Å². The summed E-state index contributed by atoms with van der Waals surface area (Å²) in [5.74, 6) is -0.398. The Labute approximate surface area is 126 Å². The number of anilines is 2. The molecule has 1 amide bonds. The van der Waals surface area contributed by atoms with Gasteiger partial charge < -0.3 is 11.1 Å². The van der Waals surface area contributed by atoms with E-state index in [0.29, 0.717) is 17.4 Å². The number of carbonyl (C=O) groups is 1. The number of aromatic nitrogens is 1. The third-order valence-electron chi connectivity index (χ3n) is 2.51. The van der Waals surface area contributed by atoms with Gasteiger partial charge in [0.25, 0.3) is 5.91 Å². The lowest BCUT2D eigenvalue weighted by molar-refractivity contribution is 0.102. The van der Waals surface area contributed by atoms with E-state index in [1.807, 2.05) is 0 Å². The zero-order valence-electron chi connectivity index (χ0n) is 11.2. The van der Waals surface area contributed by atoms with E-state index in [-0.39, 0.29) is 10.6 Å². The molecule has 112 valence electrons. The van der Waals surface area contributed by atoms with Crippen molar-refractivity contribution in [2.75, 3.05) is 17.6 Å². The zero-order chi connectivity index (χ0) is 15.5. The number of nitrogens with two attached hydrogens (primary N) is 1. The Morgan fingerprint density at radius 3 is 2.52 bits per heavy atom. The smallest absolute Gasteiger partial charge is 0.275 e. The molecule has 2 aromatic rings. The first kappa shape index (κ1) is 15.4. The number of rotatable bonds is 5. The summed E-state index contributed by atoms with van der Waals surface area (Å²) < 4.78 is 25.9. The molecule has 0 saturated heterocycles. The SMILES string of the molecule is CCNS(=O)(=O)c1ccc(NC(=O)c2csc(N)n2)cc1. The van der Waals surface area contributed by atoms with Crippen LogP contribution in [0, 0.1) is 0 Å². The fourth-order valence-electron chi connectivity index (χ4n) is 1.58. The zero-order valence-corrected chi connectivity index (χ0v) is 12.8. The van der Waals surface area contributed by atoms with E-state index in [0.717, 1.165) is 0 Å². The summed E-state index contributed by atoms with van der Waals surface area (Å²) in [6.07, 6.45) is 0. The molecule has 0 bridgehead atoms. The summed E-state index contributed by atoms with van der Waals surface area (Å²) in [4.78, 5) is 15.9. The van der Waals surface area contributed by atoms with Crippen LogP contribution >= 0.6 is 11.3 Å². The molecule has 7 nitrogen and oxygen atoms in total. The van der Waals surface area contributed by atoms with E-state index in [1.54, 1.807) is 12.3 Å². The molecular formula is C12H14N4O3S2. The topological polar surface area (TPSA) is 114 Å². The number of sulfonamides is 1. The molecule has 1 heterocycles. The summed E-state index contributed by atoms with van der Waals surface area (Å²) in [7, 11) is -3.49. The minimum Gasteiger partial charge on any atom is -0.375 e. The van der Waals surface area contributed by atoms with Gasteiger partial charge in [0, 0.05) is 17.6 Å². The van der Waals surface area contributed by atoms with Crippen molar-refractivity contribution in [3.8, 4) is 0 Å². The Hall–Kier alpha value is -1.97. The maximum absolute atomic E-state index is 11.9. The highest BCUT2D eigenvalue weighted by molar-refractivity contribution is 7.89. The minimum absolute atomic E-state index is 0.139. The number of nitrogen functional groups attached to an aromatic ring is 1.